The molecule has 3 rings (SSSR count). The quantitative estimate of drug-likeness (QED) is 0.769. The predicted octanol–water partition coefficient (Wildman–Crippen LogP) is 3.31. The van der Waals surface area contributed by atoms with Gasteiger partial charge in [-0.05, 0) is 42.8 Å². The van der Waals surface area contributed by atoms with Crippen LogP contribution in [0.5, 0.6) is 0 Å². The number of piperazine rings is 1. The highest BCUT2D eigenvalue weighted by Gasteiger charge is 2.21. The Hall–Kier alpha value is -2.89. The molecule has 1 aliphatic rings. The van der Waals surface area contributed by atoms with Crippen molar-refractivity contribution in [1.29, 1.82) is 0 Å². The van der Waals surface area contributed by atoms with Crippen LogP contribution in [0.25, 0.3) is 0 Å². The Labute approximate surface area is 165 Å². The molecule has 0 spiro atoms. The number of carbonyl (C=O) groups is 2. The van der Waals surface area contributed by atoms with Crippen molar-refractivity contribution in [3.8, 4) is 0 Å². The molecule has 28 heavy (non-hydrogen) atoms. The molecule has 2 amide bonds. The first-order valence-electron chi connectivity index (χ1n) is 9.64. The van der Waals surface area contributed by atoms with Crippen molar-refractivity contribution >= 4 is 23.2 Å². The molecule has 148 valence electrons. The fourth-order valence-electron chi connectivity index (χ4n) is 3.38. The van der Waals surface area contributed by atoms with E-state index in [1.165, 1.54) is 12.1 Å². The second-order valence-corrected chi connectivity index (χ2v) is 6.99. The number of para-hydroxylation sites is 1. The van der Waals surface area contributed by atoms with Gasteiger partial charge in [-0.15, -0.1) is 0 Å². The van der Waals surface area contributed by atoms with Crippen LogP contribution in [0, 0.1) is 5.82 Å². The van der Waals surface area contributed by atoms with Crippen LogP contribution in [0.4, 0.5) is 15.8 Å². The average molecular weight is 383 g/mol. The molecule has 0 radical (unpaired) electrons. The van der Waals surface area contributed by atoms with Gasteiger partial charge in [0.25, 0.3) is 0 Å². The van der Waals surface area contributed by atoms with Gasteiger partial charge in [0.15, 0.2) is 0 Å². The SMILES string of the molecule is CN(C(=O)CCCC(=O)N1CCN(c2ccc(F)cc2)CC1)c1ccccc1. The topological polar surface area (TPSA) is 43.9 Å². The standard InChI is InChI=1S/C22H26FN3O2/c1-24(19-6-3-2-4-7-19)21(27)8-5-9-22(28)26-16-14-25(15-17-26)20-12-10-18(23)11-13-20/h2-4,6-7,10-13H,5,8-9,14-17H2,1H3. The zero-order valence-electron chi connectivity index (χ0n) is 16.2. The predicted molar refractivity (Wildman–Crippen MR) is 109 cm³/mol. The summed E-state index contributed by atoms with van der Waals surface area (Å²) in [5.74, 6) is -0.140. The van der Waals surface area contributed by atoms with Crippen LogP contribution >= 0.6 is 0 Å². The Bertz CT molecular complexity index is 787. The highest BCUT2D eigenvalue weighted by atomic mass is 19.1. The van der Waals surface area contributed by atoms with Gasteiger partial charge in [0, 0.05) is 57.4 Å². The molecule has 0 saturated carbocycles. The third-order valence-corrected chi connectivity index (χ3v) is 5.12. The van der Waals surface area contributed by atoms with Crippen molar-refractivity contribution in [2.45, 2.75) is 19.3 Å². The van der Waals surface area contributed by atoms with Gasteiger partial charge in [0.1, 0.15) is 5.82 Å². The smallest absolute Gasteiger partial charge is 0.226 e. The number of carbonyl (C=O) groups excluding carboxylic acids is 2. The van der Waals surface area contributed by atoms with Crippen LogP contribution in [0.1, 0.15) is 19.3 Å². The van der Waals surface area contributed by atoms with Crippen molar-refractivity contribution in [1.82, 2.24) is 4.90 Å². The molecule has 6 heteroatoms. The minimum Gasteiger partial charge on any atom is -0.368 e. The van der Waals surface area contributed by atoms with Crippen molar-refractivity contribution in [3.05, 3.63) is 60.4 Å². The molecular formula is C22H26FN3O2. The van der Waals surface area contributed by atoms with Crippen molar-refractivity contribution in [2.24, 2.45) is 0 Å². The Balaban J connectivity index is 1.40. The lowest BCUT2D eigenvalue weighted by Crippen LogP contribution is -2.48. The largest absolute Gasteiger partial charge is 0.368 e. The summed E-state index contributed by atoms with van der Waals surface area (Å²) < 4.78 is 13.0. The Kier molecular flexibility index (Phi) is 6.63. The normalized spacial score (nSPS) is 14.1. The monoisotopic (exact) mass is 383 g/mol. The van der Waals surface area contributed by atoms with Crippen LogP contribution in [0.2, 0.25) is 0 Å². The third-order valence-electron chi connectivity index (χ3n) is 5.12. The molecule has 0 aromatic heterocycles. The Morgan fingerprint density at radius 3 is 2.21 bits per heavy atom. The molecule has 1 fully saturated rings. The van der Waals surface area contributed by atoms with E-state index in [-0.39, 0.29) is 17.6 Å². The molecule has 1 aliphatic heterocycles. The lowest BCUT2D eigenvalue weighted by Gasteiger charge is -2.36. The van der Waals surface area contributed by atoms with E-state index in [0.717, 1.165) is 24.5 Å². The van der Waals surface area contributed by atoms with Crippen LogP contribution < -0.4 is 9.80 Å². The molecule has 1 saturated heterocycles. The maximum Gasteiger partial charge on any atom is 0.226 e. The van der Waals surface area contributed by atoms with Crippen LogP contribution in [0.3, 0.4) is 0 Å². The number of nitrogens with zero attached hydrogens (tertiary/aromatic N) is 3. The van der Waals surface area contributed by atoms with Gasteiger partial charge in [-0.2, -0.15) is 0 Å². The molecule has 0 aliphatic carbocycles. The first-order chi connectivity index (χ1) is 13.5. The lowest BCUT2D eigenvalue weighted by atomic mass is 10.1. The average Bonchev–Trinajstić information content (AvgIpc) is 2.74. The number of halogens is 1. The molecule has 2 aromatic carbocycles. The van der Waals surface area contributed by atoms with Gasteiger partial charge in [-0.25, -0.2) is 4.39 Å². The molecule has 0 atom stereocenters. The number of hydrogen-bond donors (Lipinski definition) is 0. The molecule has 5 nitrogen and oxygen atoms in total. The van der Waals surface area contributed by atoms with Crippen LogP contribution in [-0.4, -0.2) is 49.9 Å². The molecule has 0 bridgehead atoms. The zero-order chi connectivity index (χ0) is 19.9. The number of anilines is 2. The van der Waals surface area contributed by atoms with E-state index in [2.05, 4.69) is 4.90 Å². The Morgan fingerprint density at radius 1 is 0.929 bits per heavy atom. The van der Waals surface area contributed by atoms with Crippen molar-refractivity contribution in [2.75, 3.05) is 43.0 Å². The minimum atomic E-state index is -0.245. The van der Waals surface area contributed by atoms with E-state index in [1.807, 2.05) is 35.2 Å². The highest BCUT2D eigenvalue weighted by Crippen LogP contribution is 2.18. The summed E-state index contributed by atoms with van der Waals surface area (Å²) in [4.78, 5) is 30.4. The summed E-state index contributed by atoms with van der Waals surface area (Å²) in [5, 5.41) is 0. The van der Waals surface area contributed by atoms with E-state index >= 15 is 0 Å². The van der Waals surface area contributed by atoms with Gasteiger partial charge in [-0.3, -0.25) is 9.59 Å². The van der Waals surface area contributed by atoms with Gasteiger partial charge in [0.05, 0.1) is 0 Å². The van der Waals surface area contributed by atoms with E-state index < -0.39 is 0 Å². The lowest BCUT2D eigenvalue weighted by molar-refractivity contribution is -0.131. The van der Waals surface area contributed by atoms with Crippen LogP contribution in [-0.2, 0) is 9.59 Å². The number of amides is 2. The summed E-state index contributed by atoms with van der Waals surface area (Å²) >= 11 is 0. The van der Waals surface area contributed by atoms with Gasteiger partial charge < -0.3 is 14.7 Å². The summed E-state index contributed by atoms with van der Waals surface area (Å²) in [5.41, 5.74) is 1.83. The number of rotatable bonds is 6. The second-order valence-electron chi connectivity index (χ2n) is 6.99. The summed E-state index contributed by atoms with van der Waals surface area (Å²) in [7, 11) is 1.76. The summed E-state index contributed by atoms with van der Waals surface area (Å²) in [6.07, 6.45) is 1.28. The number of hydrogen-bond acceptors (Lipinski definition) is 3. The maximum absolute atomic E-state index is 13.0. The van der Waals surface area contributed by atoms with E-state index in [4.69, 9.17) is 0 Å². The van der Waals surface area contributed by atoms with Gasteiger partial charge in [0.2, 0.25) is 11.8 Å². The first-order valence-corrected chi connectivity index (χ1v) is 9.64. The van der Waals surface area contributed by atoms with Gasteiger partial charge >= 0.3 is 0 Å². The highest BCUT2D eigenvalue weighted by molar-refractivity contribution is 5.93. The van der Waals surface area contributed by atoms with Crippen LogP contribution in [0.15, 0.2) is 54.6 Å². The summed E-state index contributed by atoms with van der Waals surface area (Å²) in [6, 6.07) is 15.9. The molecule has 1 heterocycles. The van der Waals surface area contributed by atoms with E-state index in [0.29, 0.717) is 32.4 Å². The minimum absolute atomic E-state index is 0.0140. The third kappa shape index (κ3) is 5.09. The molecule has 0 N–H and O–H groups in total. The summed E-state index contributed by atoms with van der Waals surface area (Å²) in [6.45, 7) is 2.75. The number of benzene rings is 2. The molecular weight excluding hydrogens is 357 g/mol. The van der Waals surface area contributed by atoms with Crippen molar-refractivity contribution in [3.63, 3.8) is 0 Å². The van der Waals surface area contributed by atoms with E-state index in [9.17, 15) is 14.0 Å². The second kappa shape index (κ2) is 9.35. The van der Waals surface area contributed by atoms with Gasteiger partial charge in [-0.1, -0.05) is 18.2 Å². The van der Waals surface area contributed by atoms with Crippen molar-refractivity contribution < 1.29 is 14.0 Å². The Morgan fingerprint density at radius 2 is 1.57 bits per heavy atom. The van der Waals surface area contributed by atoms with E-state index in [1.54, 1.807) is 24.1 Å². The first kappa shape index (κ1) is 19.9. The zero-order valence-corrected chi connectivity index (χ0v) is 16.2. The fraction of sp³-hybridized carbons (Fsp3) is 0.364. The molecule has 0 unspecified atom stereocenters. The maximum atomic E-state index is 13.0. The molecule has 2 aromatic rings. The fourth-order valence-corrected chi connectivity index (χ4v) is 3.38.